The molecule has 206 valence electrons. The van der Waals surface area contributed by atoms with Gasteiger partial charge in [-0.2, -0.15) is 10.2 Å². The zero-order chi connectivity index (χ0) is 27.9. The summed E-state index contributed by atoms with van der Waals surface area (Å²) in [5.74, 6) is 1.46. The smallest absolute Gasteiger partial charge is 0.187 e. The molecule has 0 saturated heterocycles. The molecule has 0 spiro atoms. The molecule has 38 heavy (non-hydrogen) atoms. The Morgan fingerprint density at radius 2 is 1.32 bits per heavy atom. The topological polar surface area (TPSA) is 172 Å². The molecule has 0 heterocycles. The fraction of sp³-hybridized carbons (Fsp3) is 0.333. The summed E-state index contributed by atoms with van der Waals surface area (Å²) in [7, 11) is 3.17. The van der Waals surface area contributed by atoms with Gasteiger partial charge in [0.25, 0.3) is 0 Å². The van der Waals surface area contributed by atoms with Gasteiger partial charge in [-0.25, -0.2) is 0 Å². The van der Waals surface area contributed by atoms with Gasteiger partial charge in [-0.15, -0.1) is 0 Å². The molecule has 0 aliphatic heterocycles. The molecular formula is C24H32N6O6S2. The van der Waals surface area contributed by atoms with E-state index in [1.54, 1.807) is 14.2 Å². The van der Waals surface area contributed by atoms with Crippen LogP contribution in [0.2, 0.25) is 0 Å². The van der Waals surface area contributed by atoms with Crippen molar-refractivity contribution in [2.75, 3.05) is 20.8 Å². The van der Waals surface area contributed by atoms with Crippen LogP contribution in [0.15, 0.2) is 58.7 Å². The van der Waals surface area contributed by atoms with Crippen molar-refractivity contribution >= 4 is 46.6 Å². The standard InChI is InChI=1S/C24H32N6O6S2/c1-35-17-7-3-15(4-8-17)11-25-23(37)29-27-13-19(21(33)22(34)20(32)14-31)28-30-24(38)26-12-16-5-9-18(36-2)10-6-16/h3-10,13,20-22,31-34H,11-12,14H2,1-2H3,(H2,25,29,37)(H2,26,30,38)/b27-13+,28-19-/t20-,21-,22-/m1/s1. The second-order valence-corrected chi connectivity index (χ2v) is 8.58. The molecule has 2 aromatic rings. The van der Waals surface area contributed by atoms with E-state index in [1.807, 2.05) is 48.5 Å². The summed E-state index contributed by atoms with van der Waals surface area (Å²) >= 11 is 10.4. The van der Waals surface area contributed by atoms with Crippen LogP contribution >= 0.6 is 24.4 Å². The fourth-order valence-electron chi connectivity index (χ4n) is 2.87. The van der Waals surface area contributed by atoms with Crippen LogP contribution < -0.4 is 31.0 Å². The van der Waals surface area contributed by atoms with Crippen molar-refractivity contribution in [3.63, 3.8) is 0 Å². The first-order valence-electron chi connectivity index (χ1n) is 11.4. The van der Waals surface area contributed by atoms with Crippen molar-refractivity contribution in [2.24, 2.45) is 10.2 Å². The maximum absolute atomic E-state index is 10.5. The number of aliphatic hydroxyl groups excluding tert-OH is 4. The molecule has 8 N–H and O–H groups in total. The molecule has 0 bridgehead atoms. The Hall–Kier alpha value is -3.40. The normalized spacial score (nSPS) is 13.8. The minimum atomic E-state index is -1.74. The zero-order valence-electron chi connectivity index (χ0n) is 20.9. The van der Waals surface area contributed by atoms with Gasteiger partial charge in [-0.3, -0.25) is 10.9 Å². The van der Waals surface area contributed by atoms with E-state index in [1.165, 1.54) is 0 Å². The van der Waals surface area contributed by atoms with Gasteiger partial charge < -0.3 is 40.5 Å². The molecule has 0 aliphatic rings. The summed E-state index contributed by atoms with van der Waals surface area (Å²) in [6.07, 6.45) is -3.96. The van der Waals surface area contributed by atoms with Gasteiger partial charge in [0.05, 0.1) is 27.0 Å². The van der Waals surface area contributed by atoms with Crippen LogP contribution in [-0.2, 0) is 13.1 Å². The van der Waals surface area contributed by atoms with E-state index in [0.717, 1.165) is 28.8 Å². The third-order valence-corrected chi connectivity index (χ3v) is 5.55. The number of thiocarbonyl (C=S) groups is 2. The van der Waals surface area contributed by atoms with Crippen molar-refractivity contribution < 1.29 is 29.9 Å². The second-order valence-electron chi connectivity index (χ2n) is 7.77. The molecule has 0 unspecified atom stereocenters. The highest BCUT2D eigenvalue weighted by molar-refractivity contribution is 7.80. The van der Waals surface area contributed by atoms with Gasteiger partial charge in [-0.1, -0.05) is 24.3 Å². The third-order valence-electron chi connectivity index (χ3n) is 5.08. The van der Waals surface area contributed by atoms with E-state index >= 15 is 0 Å². The first kappa shape index (κ1) is 30.8. The van der Waals surface area contributed by atoms with Crippen LogP contribution in [0.4, 0.5) is 0 Å². The molecule has 0 saturated carbocycles. The second kappa shape index (κ2) is 16.4. The van der Waals surface area contributed by atoms with Crippen molar-refractivity contribution in [3.05, 3.63) is 59.7 Å². The van der Waals surface area contributed by atoms with Crippen LogP contribution in [0.25, 0.3) is 0 Å². The third kappa shape index (κ3) is 10.5. The number of methoxy groups -OCH3 is 2. The summed E-state index contributed by atoms with van der Waals surface area (Å²) in [5.41, 5.74) is 6.83. The molecule has 2 rings (SSSR count). The monoisotopic (exact) mass is 564 g/mol. The number of hydrazone groups is 2. The molecule has 0 amide bonds. The number of hydrogen-bond donors (Lipinski definition) is 8. The lowest BCUT2D eigenvalue weighted by Crippen LogP contribution is -2.45. The van der Waals surface area contributed by atoms with Gasteiger partial charge in [-0.05, 0) is 59.8 Å². The predicted octanol–water partition coefficient (Wildman–Crippen LogP) is -0.251. The van der Waals surface area contributed by atoms with Crippen LogP contribution in [0.1, 0.15) is 11.1 Å². The summed E-state index contributed by atoms with van der Waals surface area (Å²) < 4.78 is 10.3. The first-order valence-corrected chi connectivity index (χ1v) is 12.2. The lowest BCUT2D eigenvalue weighted by Gasteiger charge is -2.21. The van der Waals surface area contributed by atoms with Crippen LogP contribution in [-0.4, -0.2) is 81.7 Å². The summed E-state index contributed by atoms with van der Waals surface area (Å²) in [6.45, 7) is 0.0421. The fourth-order valence-corrected chi connectivity index (χ4v) is 3.11. The maximum atomic E-state index is 10.5. The molecule has 14 heteroatoms. The highest BCUT2D eigenvalue weighted by atomic mass is 32.1. The maximum Gasteiger partial charge on any atom is 0.187 e. The average molecular weight is 565 g/mol. The van der Waals surface area contributed by atoms with Crippen LogP contribution in [0.5, 0.6) is 11.5 Å². The Morgan fingerprint density at radius 3 is 1.76 bits per heavy atom. The lowest BCUT2D eigenvalue weighted by molar-refractivity contribution is -0.0549. The Balaban J connectivity index is 1.97. The summed E-state index contributed by atoms with van der Waals surface area (Å²) in [5, 5.41) is 53.5. The van der Waals surface area contributed by atoms with Gasteiger partial charge >= 0.3 is 0 Å². The van der Waals surface area contributed by atoms with Gasteiger partial charge in [0.2, 0.25) is 0 Å². The van der Waals surface area contributed by atoms with E-state index < -0.39 is 24.9 Å². The SMILES string of the molecule is COc1ccc(CNC(=S)N/N=C(/C=N/NC(=S)NCc2ccc(OC)cc2)[C@@H](O)[C@H](O)[C@H](O)CO)cc1. The van der Waals surface area contributed by atoms with Crippen LogP contribution in [0.3, 0.4) is 0 Å². The van der Waals surface area contributed by atoms with E-state index in [9.17, 15) is 15.3 Å². The average Bonchev–Trinajstić information content (AvgIpc) is 2.95. The van der Waals surface area contributed by atoms with E-state index in [4.69, 9.17) is 39.0 Å². The number of aliphatic hydroxyl groups is 4. The predicted molar refractivity (Wildman–Crippen MR) is 152 cm³/mol. The largest absolute Gasteiger partial charge is 0.497 e. The minimum absolute atomic E-state index is 0.126. The Bertz CT molecular complexity index is 1080. The molecule has 0 aromatic heterocycles. The van der Waals surface area contributed by atoms with Gasteiger partial charge in [0, 0.05) is 13.1 Å². The highest BCUT2D eigenvalue weighted by Gasteiger charge is 2.28. The number of hydrogen-bond acceptors (Lipinski definition) is 10. The van der Waals surface area contributed by atoms with Crippen molar-refractivity contribution in [3.8, 4) is 11.5 Å². The number of nitrogens with one attached hydrogen (secondary N) is 4. The Labute approximate surface area is 231 Å². The Kier molecular flexibility index (Phi) is 13.3. The van der Waals surface area contributed by atoms with Crippen LogP contribution in [0, 0.1) is 0 Å². The van der Waals surface area contributed by atoms with E-state index in [0.29, 0.717) is 13.1 Å². The zero-order valence-corrected chi connectivity index (χ0v) is 22.5. The van der Waals surface area contributed by atoms with E-state index in [-0.39, 0.29) is 15.9 Å². The molecule has 2 aromatic carbocycles. The van der Waals surface area contributed by atoms with Gasteiger partial charge in [0.15, 0.2) is 10.2 Å². The Morgan fingerprint density at radius 1 is 0.842 bits per heavy atom. The number of nitrogens with zero attached hydrogens (tertiary/aromatic N) is 2. The quantitative estimate of drug-likeness (QED) is 0.0912. The van der Waals surface area contributed by atoms with E-state index in [2.05, 4.69) is 31.7 Å². The first-order chi connectivity index (χ1) is 18.3. The molecule has 0 radical (unpaired) electrons. The number of rotatable bonds is 13. The minimum Gasteiger partial charge on any atom is -0.497 e. The van der Waals surface area contributed by atoms with Crippen molar-refractivity contribution in [2.45, 2.75) is 31.4 Å². The summed E-state index contributed by atoms with van der Waals surface area (Å²) in [4.78, 5) is 0. The molecule has 3 atom stereocenters. The summed E-state index contributed by atoms with van der Waals surface area (Å²) in [6, 6.07) is 14.8. The lowest BCUT2D eigenvalue weighted by atomic mass is 10.0. The van der Waals surface area contributed by atoms with Crippen molar-refractivity contribution in [1.82, 2.24) is 21.5 Å². The molecular weight excluding hydrogens is 532 g/mol. The van der Waals surface area contributed by atoms with Gasteiger partial charge in [0.1, 0.15) is 35.5 Å². The van der Waals surface area contributed by atoms with Crippen molar-refractivity contribution in [1.29, 1.82) is 0 Å². The number of ether oxygens (including phenoxy) is 2. The highest BCUT2D eigenvalue weighted by Crippen LogP contribution is 2.11. The number of benzene rings is 2. The molecule has 0 aliphatic carbocycles. The molecule has 0 fully saturated rings. The molecule has 12 nitrogen and oxygen atoms in total.